The highest BCUT2D eigenvalue weighted by Crippen LogP contribution is 2.39. The number of aliphatic imine (C=N–C) groups is 1. The Kier molecular flexibility index (Phi) is 11.3. The number of hydrogen-bond donors (Lipinski definition) is 2. The molecule has 298 valence electrons. The number of nitrogens with one attached hydrogen (secondary N) is 2. The van der Waals surface area contributed by atoms with Gasteiger partial charge in [0.05, 0.1) is 27.8 Å². The number of benzene rings is 2. The summed E-state index contributed by atoms with van der Waals surface area (Å²) in [6.07, 6.45) is 2.04. The van der Waals surface area contributed by atoms with Gasteiger partial charge >= 0.3 is 0 Å². The lowest BCUT2D eigenvalue weighted by atomic mass is 9.85. The van der Waals surface area contributed by atoms with E-state index in [2.05, 4.69) is 80.6 Å². The van der Waals surface area contributed by atoms with Gasteiger partial charge in [0, 0.05) is 29.0 Å². The van der Waals surface area contributed by atoms with Gasteiger partial charge in [-0.1, -0.05) is 69.3 Å². The topological polar surface area (TPSA) is 134 Å². The Bertz CT molecular complexity index is 2330. The first-order valence-corrected chi connectivity index (χ1v) is 21.4. The second-order valence-electron chi connectivity index (χ2n) is 16.4. The van der Waals surface area contributed by atoms with Gasteiger partial charge in [-0.05, 0) is 88.5 Å². The lowest BCUT2D eigenvalue weighted by Crippen LogP contribution is -2.57. The first-order chi connectivity index (χ1) is 27.1. The third-order valence-electron chi connectivity index (χ3n) is 11.3. The van der Waals surface area contributed by atoms with Crippen LogP contribution in [0, 0.1) is 33.1 Å². The number of aryl methyl sites for hydroxylation is 4. The number of hydrogen-bond acceptors (Lipinski definition) is 9. The molecule has 1 fully saturated rings. The molecule has 4 atom stereocenters. The molecule has 3 amide bonds. The number of fused-ring (bicyclic) bond motifs is 3. The molecule has 2 N–H and O–H groups in total. The van der Waals surface area contributed by atoms with Crippen molar-refractivity contribution < 1.29 is 14.4 Å². The van der Waals surface area contributed by atoms with Gasteiger partial charge < -0.3 is 15.5 Å². The number of rotatable bonds is 10. The molecule has 57 heavy (non-hydrogen) atoms. The summed E-state index contributed by atoms with van der Waals surface area (Å²) < 4.78 is 2.13. The molecule has 1 saturated heterocycles. The standard InChI is InChI=1S/C44H52N8O3S2/c1-24-28(5)57-43-36(24)37(46-27(4)40-50-49-29(6)52(40)43)32-15-12-30(13-16-32)14-21-35(53)48-39(44(7,8)9)42(55)51-22-10-11-34(51)41(54)47-25(2)31-17-19-33(20-18-31)38-26(3)45-23-56-38/h12-13,15-20,23,25,27,34,39H,10-11,14,21-22H2,1-9H3,(H,47,54)(H,48,53). The molecule has 0 spiro atoms. The molecular weight excluding hydrogens is 753 g/mol. The Labute approximate surface area is 343 Å². The fraction of sp³-hybridized carbons (Fsp3) is 0.432. The average Bonchev–Trinajstić information content (AvgIpc) is 3.97. The zero-order chi connectivity index (χ0) is 40.8. The van der Waals surface area contributed by atoms with Gasteiger partial charge in [-0.15, -0.1) is 32.9 Å². The molecule has 7 rings (SSSR count). The van der Waals surface area contributed by atoms with Crippen molar-refractivity contribution >= 4 is 46.1 Å². The number of thiazole rings is 1. The van der Waals surface area contributed by atoms with Gasteiger partial charge in [0.15, 0.2) is 5.82 Å². The van der Waals surface area contributed by atoms with Gasteiger partial charge in [0.25, 0.3) is 0 Å². The van der Waals surface area contributed by atoms with Crippen molar-refractivity contribution in [1.29, 1.82) is 0 Å². The summed E-state index contributed by atoms with van der Waals surface area (Å²) in [6, 6.07) is 14.6. The number of amides is 3. The number of likely N-dealkylation sites (tertiary alicyclic amines) is 1. The Morgan fingerprint density at radius 1 is 0.947 bits per heavy atom. The van der Waals surface area contributed by atoms with Gasteiger partial charge in [0.2, 0.25) is 17.7 Å². The van der Waals surface area contributed by atoms with E-state index in [9.17, 15) is 14.4 Å². The van der Waals surface area contributed by atoms with Crippen molar-refractivity contribution in [3.8, 4) is 15.4 Å². The molecular formula is C44H52N8O3S2. The highest BCUT2D eigenvalue weighted by Gasteiger charge is 2.42. The first-order valence-electron chi connectivity index (χ1n) is 19.7. The van der Waals surface area contributed by atoms with E-state index in [1.54, 1.807) is 27.6 Å². The van der Waals surface area contributed by atoms with E-state index < -0.39 is 17.5 Å². The lowest BCUT2D eigenvalue weighted by Gasteiger charge is -2.35. The molecule has 11 nitrogen and oxygen atoms in total. The van der Waals surface area contributed by atoms with E-state index >= 15 is 0 Å². The normalized spacial score (nSPS) is 17.6. The largest absolute Gasteiger partial charge is 0.348 e. The zero-order valence-electron chi connectivity index (χ0n) is 34.3. The summed E-state index contributed by atoms with van der Waals surface area (Å²) in [5.74, 6) is 1.07. The minimum atomic E-state index is -0.781. The zero-order valence-corrected chi connectivity index (χ0v) is 35.9. The fourth-order valence-electron chi connectivity index (χ4n) is 7.81. The molecule has 5 heterocycles. The maximum Gasteiger partial charge on any atom is 0.246 e. The van der Waals surface area contributed by atoms with Crippen LogP contribution in [0.1, 0.15) is 116 Å². The molecule has 13 heteroatoms. The van der Waals surface area contributed by atoms with Crippen molar-refractivity contribution in [1.82, 2.24) is 35.3 Å². The summed E-state index contributed by atoms with van der Waals surface area (Å²) >= 11 is 3.34. The smallest absolute Gasteiger partial charge is 0.246 e. The maximum atomic E-state index is 14.2. The van der Waals surface area contributed by atoms with E-state index in [4.69, 9.17) is 4.99 Å². The van der Waals surface area contributed by atoms with Crippen LogP contribution in [0.25, 0.3) is 15.4 Å². The monoisotopic (exact) mass is 804 g/mol. The first kappa shape index (κ1) is 40.2. The third kappa shape index (κ3) is 8.09. The van der Waals surface area contributed by atoms with E-state index in [1.807, 2.05) is 66.1 Å². The predicted molar refractivity (Wildman–Crippen MR) is 227 cm³/mol. The molecule has 5 aromatic rings. The average molecular weight is 805 g/mol. The van der Waals surface area contributed by atoms with Gasteiger partial charge in [-0.3, -0.25) is 23.9 Å². The number of thiophene rings is 1. The number of aromatic nitrogens is 4. The molecule has 0 aliphatic carbocycles. The van der Waals surface area contributed by atoms with Crippen molar-refractivity contribution in [2.24, 2.45) is 10.4 Å². The van der Waals surface area contributed by atoms with E-state index in [-0.39, 0.29) is 36.2 Å². The molecule has 2 aromatic carbocycles. The van der Waals surface area contributed by atoms with E-state index in [1.165, 1.54) is 10.4 Å². The van der Waals surface area contributed by atoms with Crippen molar-refractivity contribution in [3.63, 3.8) is 0 Å². The Morgan fingerprint density at radius 3 is 2.32 bits per heavy atom. The van der Waals surface area contributed by atoms with Crippen LogP contribution in [0.3, 0.4) is 0 Å². The Balaban J connectivity index is 0.983. The van der Waals surface area contributed by atoms with Crippen LogP contribution in [-0.2, 0) is 20.8 Å². The second kappa shape index (κ2) is 16.1. The SMILES string of the molecule is Cc1ncsc1-c1ccc(C(C)NC(=O)C2CCCN2C(=O)C(NC(=O)CCc2ccc(C3=NC(C)c4nnc(C)n4-c4sc(C)c(C)c43)cc2)C(C)(C)C)cc1. The van der Waals surface area contributed by atoms with Gasteiger partial charge in [-0.25, -0.2) is 4.98 Å². The van der Waals surface area contributed by atoms with Gasteiger partial charge in [-0.2, -0.15) is 0 Å². The van der Waals surface area contributed by atoms with Crippen molar-refractivity contribution in [3.05, 3.63) is 104 Å². The molecule has 0 bridgehead atoms. The highest BCUT2D eigenvalue weighted by molar-refractivity contribution is 7.15. The van der Waals surface area contributed by atoms with Crippen LogP contribution in [0.2, 0.25) is 0 Å². The molecule has 2 aliphatic heterocycles. The Morgan fingerprint density at radius 2 is 1.65 bits per heavy atom. The lowest BCUT2D eigenvalue weighted by molar-refractivity contribution is -0.144. The summed E-state index contributed by atoms with van der Waals surface area (Å²) in [4.78, 5) is 54.9. The molecule has 2 aliphatic rings. The molecule has 0 radical (unpaired) electrons. The second-order valence-corrected chi connectivity index (χ2v) is 18.5. The van der Waals surface area contributed by atoms with Gasteiger partial charge in [0.1, 0.15) is 29.0 Å². The predicted octanol–water partition coefficient (Wildman–Crippen LogP) is 7.93. The van der Waals surface area contributed by atoms with Crippen LogP contribution in [0.4, 0.5) is 0 Å². The molecule has 0 saturated carbocycles. The number of nitrogens with zero attached hydrogens (tertiary/aromatic N) is 6. The molecule has 4 unspecified atom stereocenters. The number of carbonyl (C=O) groups excluding carboxylic acids is 3. The van der Waals surface area contributed by atoms with Crippen LogP contribution >= 0.6 is 22.7 Å². The summed E-state index contributed by atoms with van der Waals surface area (Å²) in [5, 5.41) is 16.1. The highest BCUT2D eigenvalue weighted by atomic mass is 32.1. The third-order valence-corrected chi connectivity index (χ3v) is 13.4. The van der Waals surface area contributed by atoms with Crippen LogP contribution in [0.5, 0.6) is 0 Å². The van der Waals surface area contributed by atoms with Crippen LogP contribution in [-0.4, -0.2) is 66.7 Å². The van der Waals surface area contributed by atoms with Crippen LogP contribution in [0.15, 0.2) is 59.0 Å². The van der Waals surface area contributed by atoms with Crippen molar-refractivity contribution in [2.45, 2.75) is 112 Å². The minimum Gasteiger partial charge on any atom is -0.348 e. The van der Waals surface area contributed by atoms with E-state index in [0.717, 1.165) is 67.2 Å². The minimum absolute atomic E-state index is 0.168. The summed E-state index contributed by atoms with van der Waals surface area (Å²) in [7, 11) is 0. The summed E-state index contributed by atoms with van der Waals surface area (Å²) in [5.41, 5.74) is 9.61. The Hall–Kier alpha value is -5.01. The quantitative estimate of drug-likeness (QED) is 0.147. The molecule has 3 aromatic heterocycles. The maximum absolute atomic E-state index is 14.2. The number of carbonyl (C=O) groups is 3. The van der Waals surface area contributed by atoms with Crippen LogP contribution < -0.4 is 10.6 Å². The summed E-state index contributed by atoms with van der Waals surface area (Å²) in [6.45, 7) is 18.6. The van der Waals surface area contributed by atoms with Crippen molar-refractivity contribution in [2.75, 3.05) is 6.54 Å². The fourth-order valence-corrected chi connectivity index (χ4v) is 9.84. The van der Waals surface area contributed by atoms with E-state index in [0.29, 0.717) is 19.4 Å².